The van der Waals surface area contributed by atoms with Gasteiger partial charge in [-0.1, -0.05) is 25.5 Å². The summed E-state index contributed by atoms with van der Waals surface area (Å²) in [6.07, 6.45) is 2.47. The van der Waals surface area contributed by atoms with Gasteiger partial charge in [-0.15, -0.1) is 10.2 Å². The van der Waals surface area contributed by atoms with Gasteiger partial charge in [0, 0.05) is 17.7 Å². The first-order valence-corrected chi connectivity index (χ1v) is 9.36. The molecule has 0 aliphatic heterocycles. The number of ether oxygens (including phenoxy) is 1. The average molecular weight is 395 g/mol. The Labute approximate surface area is 167 Å². The summed E-state index contributed by atoms with van der Waals surface area (Å²) in [6.45, 7) is 3.78. The molecular weight excluding hydrogens is 374 g/mol. The van der Waals surface area contributed by atoms with Gasteiger partial charge in [-0.25, -0.2) is 4.79 Å². The van der Waals surface area contributed by atoms with Gasteiger partial charge in [0.1, 0.15) is 0 Å². The molecule has 0 saturated heterocycles. The minimum atomic E-state index is -0.735. The molecule has 0 N–H and O–H groups in total. The molecule has 0 radical (unpaired) electrons. The quantitative estimate of drug-likeness (QED) is 0.303. The van der Waals surface area contributed by atoms with Gasteiger partial charge in [0.2, 0.25) is 5.89 Å². The van der Waals surface area contributed by atoms with Gasteiger partial charge in [0.15, 0.2) is 6.10 Å². The Morgan fingerprint density at radius 3 is 2.45 bits per heavy atom. The fraction of sp³-hybridized carbons (Fsp3) is 0.286. The van der Waals surface area contributed by atoms with Crippen LogP contribution in [0.25, 0.3) is 11.5 Å². The average Bonchev–Trinajstić information content (AvgIpc) is 3.23. The Morgan fingerprint density at radius 2 is 1.83 bits per heavy atom. The number of aromatic nitrogens is 2. The van der Waals surface area contributed by atoms with Crippen LogP contribution in [0.15, 0.2) is 52.9 Å². The van der Waals surface area contributed by atoms with Crippen molar-refractivity contribution in [2.45, 2.75) is 39.2 Å². The molecule has 29 heavy (non-hydrogen) atoms. The minimum absolute atomic E-state index is 0.0310. The molecule has 0 amide bonds. The number of nitro groups is 1. The lowest BCUT2D eigenvalue weighted by Gasteiger charge is -2.09. The molecule has 1 heterocycles. The van der Waals surface area contributed by atoms with Gasteiger partial charge in [0.25, 0.3) is 11.6 Å². The van der Waals surface area contributed by atoms with Crippen LogP contribution in [0, 0.1) is 10.1 Å². The van der Waals surface area contributed by atoms with Crippen molar-refractivity contribution in [2.24, 2.45) is 0 Å². The molecule has 1 atom stereocenters. The first-order chi connectivity index (χ1) is 14.0. The third-order valence-electron chi connectivity index (χ3n) is 4.41. The largest absolute Gasteiger partial charge is 0.449 e. The Kier molecular flexibility index (Phi) is 6.33. The first kappa shape index (κ1) is 20.2. The molecule has 8 heteroatoms. The maximum Gasteiger partial charge on any atom is 0.338 e. The maximum atomic E-state index is 12.4. The van der Waals surface area contributed by atoms with Crippen molar-refractivity contribution in [3.05, 3.63) is 75.7 Å². The van der Waals surface area contributed by atoms with E-state index in [1.54, 1.807) is 19.1 Å². The molecule has 0 bridgehead atoms. The van der Waals surface area contributed by atoms with Crippen molar-refractivity contribution < 1.29 is 18.9 Å². The van der Waals surface area contributed by atoms with Crippen LogP contribution in [0.1, 0.15) is 54.6 Å². The first-order valence-electron chi connectivity index (χ1n) is 9.36. The fourth-order valence-corrected chi connectivity index (χ4v) is 2.71. The molecule has 1 unspecified atom stereocenters. The summed E-state index contributed by atoms with van der Waals surface area (Å²) in [5, 5.41) is 18.6. The number of esters is 1. The number of carbonyl (C=O) groups excluding carboxylic acids is 1. The number of rotatable bonds is 8. The molecule has 0 saturated carbocycles. The zero-order valence-electron chi connectivity index (χ0n) is 16.2. The third-order valence-corrected chi connectivity index (χ3v) is 4.41. The number of hydrogen-bond acceptors (Lipinski definition) is 7. The molecule has 2 aromatic carbocycles. The number of unbranched alkanes of at least 4 members (excludes halogenated alkanes) is 1. The van der Waals surface area contributed by atoms with Gasteiger partial charge in [0.05, 0.1) is 10.5 Å². The highest BCUT2D eigenvalue weighted by molar-refractivity contribution is 5.89. The van der Waals surface area contributed by atoms with Gasteiger partial charge in [-0.2, -0.15) is 0 Å². The predicted molar refractivity (Wildman–Crippen MR) is 105 cm³/mol. The van der Waals surface area contributed by atoms with E-state index in [1.807, 2.05) is 12.1 Å². The summed E-state index contributed by atoms with van der Waals surface area (Å²) in [5.41, 5.74) is 2.14. The van der Waals surface area contributed by atoms with E-state index in [1.165, 1.54) is 29.8 Å². The molecule has 3 aromatic rings. The summed E-state index contributed by atoms with van der Waals surface area (Å²) in [6, 6.07) is 13.1. The summed E-state index contributed by atoms with van der Waals surface area (Å²) >= 11 is 0. The Balaban J connectivity index is 1.64. The van der Waals surface area contributed by atoms with Crippen LogP contribution in [0.3, 0.4) is 0 Å². The van der Waals surface area contributed by atoms with E-state index < -0.39 is 17.0 Å². The summed E-state index contributed by atoms with van der Waals surface area (Å²) in [7, 11) is 0. The topological polar surface area (TPSA) is 108 Å². The second-order valence-corrected chi connectivity index (χ2v) is 6.60. The van der Waals surface area contributed by atoms with E-state index in [4.69, 9.17) is 9.15 Å². The standard InChI is InChI=1S/C21H21N3O5/c1-3-4-5-15-6-8-17(9-7-15)21(25)28-14(2)19-22-23-20(29-19)16-10-12-18(13-11-16)24(26)27/h6-14H,3-5H2,1-2H3. The highest BCUT2D eigenvalue weighted by Crippen LogP contribution is 2.25. The molecule has 8 nitrogen and oxygen atoms in total. The second kappa shape index (κ2) is 9.09. The van der Waals surface area contributed by atoms with Crippen LogP contribution in [0.5, 0.6) is 0 Å². The van der Waals surface area contributed by atoms with Crippen LogP contribution in [0.4, 0.5) is 5.69 Å². The molecule has 0 fully saturated rings. The van der Waals surface area contributed by atoms with Crippen LogP contribution in [0.2, 0.25) is 0 Å². The second-order valence-electron chi connectivity index (χ2n) is 6.60. The lowest BCUT2D eigenvalue weighted by molar-refractivity contribution is -0.384. The number of nitro benzene ring substituents is 1. The Bertz CT molecular complexity index is 980. The van der Waals surface area contributed by atoms with E-state index in [2.05, 4.69) is 17.1 Å². The smallest absolute Gasteiger partial charge is 0.338 e. The third kappa shape index (κ3) is 5.04. The zero-order chi connectivity index (χ0) is 20.8. The molecule has 0 spiro atoms. The molecule has 150 valence electrons. The van der Waals surface area contributed by atoms with E-state index in [0.717, 1.165) is 19.3 Å². The lowest BCUT2D eigenvalue weighted by Crippen LogP contribution is -2.09. The van der Waals surface area contributed by atoms with Crippen LogP contribution >= 0.6 is 0 Å². The van der Waals surface area contributed by atoms with Gasteiger partial charge >= 0.3 is 5.97 Å². The van der Waals surface area contributed by atoms with Crippen molar-refractivity contribution >= 4 is 11.7 Å². The number of benzene rings is 2. The Morgan fingerprint density at radius 1 is 1.14 bits per heavy atom. The van der Waals surface area contributed by atoms with Crippen LogP contribution < -0.4 is 0 Å². The normalized spacial score (nSPS) is 11.8. The lowest BCUT2D eigenvalue weighted by atomic mass is 10.1. The predicted octanol–water partition coefficient (Wildman–Crippen LogP) is 4.91. The van der Waals surface area contributed by atoms with Gasteiger partial charge in [-0.3, -0.25) is 10.1 Å². The minimum Gasteiger partial charge on any atom is -0.449 e. The van der Waals surface area contributed by atoms with Gasteiger partial charge in [-0.05, 0) is 49.6 Å². The van der Waals surface area contributed by atoms with E-state index >= 15 is 0 Å². The summed E-state index contributed by atoms with van der Waals surface area (Å²) in [4.78, 5) is 22.6. The monoisotopic (exact) mass is 395 g/mol. The van der Waals surface area contributed by atoms with Crippen molar-refractivity contribution in [3.8, 4) is 11.5 Å². The SMILES string of the molecule is CCCCc1ccc(C(=O)OC(C)c2nnc(-c3ccc([N+](=O)[O-])cc3)o2)cc1. The summed E-state index contributed by atoms with van der Waals surface area (Å²) < 4.78 is 11.0. The number of hydrogen-bond donors (Lipinski definition) is 0. The van der Waals surface area contributed by atoms with E-state index in [9.17, 15) is 14.9 Å². The molecular formula is C21H21N3O5. The maximum absolute atomic E-state index is 12.4. The molecule has 0 aliphatic carbocycles. The van der Waals surface area contributed by atoms with Crippen molar-refractivity contribution in [2.75, 3.05) is 0 Å². The van der Waals surface area contributed by atoms with Crippen LogP contribution in [-0.2, 0) is 11.2 Å². The zero-order valence-corrected chi connectivity index (χ0v) is 16.2. The fourth-order valence-electron chi connectivity index (χ4n) is 2.71. The van der Waals surface area contributed by atoms with Crippen LogP contribution in [-0.4, -0.2) is 21.1 Å². The number of nitrogens with zero attached hydrogens (tertiary/aromatic N) is 3. The van der Waals surface area contributed by atoms with Crippen molar-refractivity contribution in [1.82, 2.24) is 10.2 Å². The van der Waals surface area contributed by atoms with Gasteiger partial charge < -0.3 is 9.15 Å². The summed E-state index contributed by atoms with van der Waals surface area (Å²) in [5.74, 6) is -0.140. The highest BCUT2D eigenvalue weighted by Gasteiger charge is 2.20. The highest BCUT2D eigenvalue weighted by atomic mass is 16.6. The molecule has 3 rings (SSSR count). The Hall–Kier alpha value is -3.55. The van der Waals surface area contributed by atoms with E-state index in [0.29, 0.717) is 11.1 Å². The number of non-ortho nitro benzene ring substituents is 1. The van der Waals surface area contributed by atoms with Crippen molar-refractivity contribution in [3.63, 3.8) is 0 Å². The molecule has 0 aliphatic rings. The van der Waals surface area contributed by atoms with Crippen molar-refractivity contribution in [1.29, 1.82) is 0 Å². The number of aryl methyl sites for hydroxylation is 1. The molecule has 1 aromatic heterocycles. The van der Waals surface area contributed by atoms with E-state index in [-0.39, 0.29) is 17.5 Å². The number of carbonyl (C=O) groups is 1.